The van der Waals surface area contributed by atoms with Gasteiger partial charge in [0.2, 0.25) is 0 Å². The highest BCUT2D eigenvalue weighted by Crippen LogP contribution is 2.22. The fourth-order valence-corrected chi connectivity index (χ4v) is 3.16. The molecule has 1 heterocycles. The van der Waals surface area contributed by atoms with Crippen LogP contribution in [0.3, 0.4) is 0 Å². The Morgan fingerprint density at radius 2 is 1.74 bits per heavy atom. The number of hydrogen-bond donors (Lipinski definition) is 1. The van der Waals surface area contributed by atoms with E-state index in [0.717, 1.165) is 36.5 Å². The second-order valence-corrected chi connectivity index (χ2v) is 6.70. The third kappa shape index (κ3) is 5.81. The van der Waals surface area contributed by atoms with Crippen molar-refractivity contribution >= 4 is 0 Å². The van der Waals surface area contributed by atoms with Gasteiger partial charge in [0.15, 0.2) is 0 Å². The first-order valence-electron chi connectivity index (χ1n) is 9.77. The van der Waals surface area contributed by atoms with E-state index >= 15 is 0 Å². The van der Waals surface area contributed by atoms with Crippen LogP contribution in [0, 0.1) is 0 Å². The van der Waals surface area contributed by atoms with Crippen LogP contribution < -0.4 is 27.2 Å². The second-order valence-electron chi connectivity index (χ2n) is 6.70. The van der Waals surface area contributed by atoms with Gasteiger partial charge < -0.3 is 27.2 Å². The third-order valence-corrected chi connectivity index (χ3v) is 4.64. The number of benzene rings is 3. The minimum atomic E-state index is 0. The van der Waals surface area contributed by atoms with E-state index in [1.165, 1.54) is 5.56 Å². The van der Waals surface area contributed by atoms with Gasteiger partial charge in [0, 0.05) is 6.54 Å². The Bertz CT molecular complexity index is 1090. The summed E-state index contributed by atoms with van der Waals surface area (Å²) in [6.45, 7) is 1.58. The van der Waals surface area contributed by atoms with Crippen LogP contribution in [0.4, 0.5) is 0 Å². The highest BCUT2D eigenvalue weighted by Gasteiger charge is 2.10. The summed E-state index contributed by atoms with van der Waals surface area (Å²) >= 11 is 0. The molecular weight excluding hydrogens is 414 g/mol. The zero-order valence-electron chi connectivity index (χ0n) is 17.1. The van der Waals surface area contributed by atoms with Crippen molar-refractivity contribution < 1.29 is 21.9 Å². The smallest absolute Gasteiger partial charge is 0.345 e. The summed E-state index contributed by atoms with van der Waals surface area (Å²) in [6.07, 6.45) is 0.895. The summed E-state index contributed by atoms with van der Waals surface area (Å²) in [4.78, 5) is 0. The number of methoxy groups -OCH3 is 1. The molecule has 0 aliphatic rings. The van der Waals surface area contributed by atoms with Crippen LogP contribution in [0.2, 0.25) is 0 Å². The fraction of sp³-hybridized carbons (Fsp3) is 0.174. The number of tetrazole rings is 1. The van der Waals surface area contributed by atoms with E-state index in [1.54, 1.807) is 11.8 Å². The van der Waals surface area contributed by atoms with E-state index < -0.39 is 0 Å². The van der Waals surface area contributed by atoms with Crippen molar-refractivity contribution in [3.05, 3.63) is 90.0 Å². The standard InChI is InChI=1S/C23H23N5O2.ClH/c1-29-22-13-6-5-9-19(22)14-15-24-17-18-8-7-12-21(16-18)30-23-25-26-27-28(23)20-10-3-2-4-11-20;/h2-13,16,24H,14-15,17H2,1H3;1H/p-1. The molecule has 7 nitrogen and oxygen atoms in total. The lowest BCUT2D eigenvalue weighted by Crippen LogP contribution is -3.00. The number of nitrogens with one attached hydrogen (secondary N) is 1. The average Bonchev–Trinajstić information content (AvgIpc) is 3.26. The summed E-state index contributed by atoms with van der Waals surface area (Å²) in [7, 11) is 1.70. The molecule has 0 saturated heterocycles. The molecule has 4 aromatic rings. The van der Waals surface area contributed by atoms with E-state index in [1.807, 2.05) is 66.7 Å². The molecule has 160 valence electrons. The normalized spacial score (nSPS) is 10.4. The van der Waals surface area contributed by atoms with Crippen molar-refractivity contribution in [2.24, 2.45) is 0 Å². The quantitative estimate of drug-likeness (QED) is 0.391. The zero-order chi connectivity index (χ0) is 20.6. The lowest BCUT2D eigenvalue weighted by atomic mass is 10.1. The first-order valence-corrected chi connectivity index (χ1v) is 9.77. The molecule has 0 aliphatic carbocycles. The van der Waals surface area contributed by atoms with Crippen LogP contribution in [0.15, 0.2) is 78.9 Å². The van der Waals surface area contributed by atoms with E-state index in [9.17, 15) is 0 Å². The highest BCUT2D eigenvalue weighted by molar-refractivity contribution is 5.35. The Kier molecular flexibility index (Phi) is 7.98. The maximum Gasteiger partial charge on any atom is 0.345 e. The number of aromatic nitrogens is 4. The van der Waals surface area contributed by atoms with Crippen LogP contribution in [0.25, 0.3) is 5.69 Å². The Hall–Kier alpha value is -3.42. The molecule has 0 saturated carbocycles. The van der Waals surface area contributed by atoms with Crippen molar-refractivity contribution in [3.63, 3.8) is 0 Å². The van der Waals surface area contributed by atoms with Crippen LogP contribution in [0.5, 0.6) is 17.5 Å². The first kappa shape index (κ1) is 22.3. The maximum absolute atomic E-state index is 5.93. The second kappa shape index (κ2) is 11.1. The van der Waals surface area contributed by atoms with Crippen molar-refractivity contribution in [1.82, 2.24) is 25.5 Å². The summed E-state index contributed by atoms with van der Waals surface area (Å²) in [5, 5.41) is 15.2. The van der Waals surface area contributed by atoms with E-state index in [-0.39, 0.29) is 12.4 Å². The Labute approximate surface area is 187 Å². The number of para-hydroxylation sites is 2. The maximum atomic E-state index is 5.93. The molecule has 8 heteroatoms. The van der Waals surface area contributed by atoms with Crippen LogP contribution in [0.1, 0.15) is 11.1 Å². The molecule has 31 heavy (non-hydrogen) atoms. The molecule has 0 bridgehead atoms. The molecule has 1 N–H and O–H groups in total. The predicted molar refractivity (Wildman–Crippen MR) is 114 cm³/mol. The molecule has 0 spiro atoms. The van der Waals surface area contributed by atoms with Gasteiger partial charge in [-0.2, -0.15) is 4.68 Å². The van der Waals surface area contributed by atoms with Crippen molar-refractivity contribution in [3.8, 4) is 23.2 Å². The Morgan fingerprint density at radius 1 is 0.935 bits per heavy atom. The van der Waals surface area contributed by atoms with Crippen molar-refractivity contribution in [1.29, 1.82) is 0 Å². The molecule has 0 amide bonds. The number of hydrogen-bond acceptors (Lipinski definition) is 6. The van der Waals surface area contributed by atoms with Gasteiger partial charge in [0.1, 0.15) is 11.5 Å². The molecule has 0 radical (unpaired) electrons. The van der Waals surface area contributed by atoms with Gasteiger partial charge >= 0.3 is 6.01 Å². The fourth-order valence-electron chi connectivity index (χ4n) is 3.16. The van der Waals surface area contributed by atoms with Gasteiger partial charge in [-0.1, -0.05) is 53.6 Å². The number of halogens is 1. The first-order chi connectivity index (χ1) is 14.8. The van der Waals surface area contributed by atoms with Crippen LogP contribution in [-0.2, 0) is 13.0 Å². The Morgan fingerprint density at radius 3 is 2.58 bits per heavy atom. The molecule has 1 aromatic heterocycles. The third-order valence-electron chi connectivity index (χ3n) is 4.64. The molecule has 4 rings (SSSR count). The van der Waals surface area contributed by atoms with Crippen LogP contribution in [-0.4, -0.2) is 33.9 Å². The Balaban J connectivity index is 0.00000272. The van der Waals surface area contributed by atoms with Gasteiger partial charge in [-0.05, 0) is 64.9 Å². The van der Waals surface area contributed by atoms with Crippen molar-refractivity contribution in [2.45, 2.75) is 13.0 Å². The molecule has 0 fully saturated rings. The van der Waals surface area contributed by atoms with Gasteiger partial charge in [-0.3, -0.25) is 0 Å². The molecule has 0 atom stereocenters. The van der Waals surface area contributed by atoms with Gasteiger partial charge in [-0.25, -0.2) is 0 Å². The SMILES string of the molecule is COc1ccccc1CCNCc1cccc(Oc2nnnn2-c2ccccc2)c1.[Cl-]. The molecule has 0 unspecified atom stereocenters. The average molecular weight is 437 g/mol. The van der Waals surface area contributed by atoms with Gasteiger partial charge in [0.25, 0.3) is 0 Å². The molecule has 3 aromatic carbocycles. The highest BCUT2D eigenvalue weighted by atomic mass is 35.5. The van der Waals surface area contributed by atoms with E-state index in [2.05, 4.69) is 33.0 Å². The minimum Gasteiger partial charge on any atom is -1.00 e. The molecule has 0 aliphatic heterocycles. The monoisotopic (exact) mass is 436 g/mol. The van der Waals surface area contributed by atoms with Gasteiger partial charge in [0.05, 0.1) is 12.8 Å². The topological polar surface area (TPSA) is 74.1 Å². The summed E-state index contributed by atoms with van der Waals surface area (Å²) < 4.78 is 12.9. The number of ether oxygens (including phenoxy) is 2. The number of rotatable bonds is 9. The van der Waals surface area contributed by atoms with Gasteiger partial charge in [-0.15, -0.1) is 0 Å². The van der Waals surface area contributed by atoms with Crippen LogP contribution >= 0.6 is 0 Å². The summed E-state index contributed by atoms with van der Waals surface area (Å²) in [6, 6.07) is 25.9. The largest absolute Gasteiger partial charge is 1.00 e. The van der Waals surface area contributed by atoms with Crippen molar-refractivity contribution in [2.75, 3.05) is 13.7 Å². The minimum absolute atomic E-state index is 0. The summed E-state index contributed by atoms with van der Waals surface area (Å²) in [5.41, 5.74) is 3.15. The lowest BCUT2D eigenvalue weighted by Gasteiger charge is -2.10. The predicted octanol–water partition coefficient (Wildman–Crippen LogP) is 0.799. The zero-order valence-corrected chi connectivity index (χ0v) is 17.9. The summed E-state index contributed by atoms with van der Waals surface area (Å²) in [5.74, 6) is 1.61. The van der Waals surface area contributed by atoms with E-state index in [4.69, 9.17) is 9.47 Å². The van der Waals surface area contributed by atoms with E-state index in [0.29, 0.717) is 11.8 Å². The molecular formula is C23H23ClN5O2-. The lowest BCUT2D eigenvalue weighted by molar-refractivity contribution is -0.00000713. The number of nitrogens with zero attached hydrogens (tertiary/aromatic N) is 4.